The second kappa shape index (κ2) is 6.84. The van der Waals surface area contributed by atoms with Gasteiger partial charge in [0.2, 0.25) is 0 Å². The Morgan fingerprint density at radius 2 is 2.08 bits per heavy atom. The standard InChI is InChI=1S/C18H21N3O3S/c1-10(2)17-20-11(3)15(25-17)18(23)21-9-14(16(22)19-4)24-13-8-6-5-7-12(13)21/h5-8,10,14H,9H2,1-4H3,(H,19,22)/t14-/m1/s1. The zero-order chi connectivity index (χ0) is 18.1. The molecule has 0 aliphatic carbocycles. The minimum absolute atomic E-state index is 0.147. The number of carbonyl (C=O) groups excluding carboxylic acids is 2. The van der Waals surface area contributed by atoms with Crippen LogP contribution >= 0.6 is 11.3 Å². The number of rotatable bonds is 3. The number of amides is 2. The van der Waals surface area contributed by atoms with E-state index in [2.05, 4.69) is 24.1 Å². The Morgan fingerprint density at radius 3 is 2.72 bits per heavy atom. The van der Waals surface area contributed by atoms with Crippen molar-refractivity contribution in [3.05, 3.63) is 39.8 Å². The fraction of sp³-hybridized carbons (Fsp3) is 0.389. The van der Waals surface area contributed by atoms with Gasteiger partial charge in [0.15, 0.2) is 6.10 Å². The van der Waals surface area contributed by atoms with Crippen molar-refractivity contribution in [3.8, 4) is 5.75 Å². The van der Waals surface area contributed by atoms with Crippen LogP contribution in [0, 0.1) is 6.92 Å². The van der Waals surface area contributed by atoms with Crippen LogP contribution in [0.2, 0.25) is 0 Å². The van der Waals surface area contributed by atoms with Crippen molar-refractivity contribution in [2.45, 2.75) is 32.8 Å². The Kier molecular flexibility index (Phi) is 4.76. The van der Waals surface area contributed by atoms with Crippen LogP contribution in [0.5, 0.6) is 5.75 Å². The highest BCUT2D eigenvalue weighted by molar-refractivity contribution is 7.14. The highest BCUT2D eigenvalue weighted by atomic mass is 32.1. The number of nitrogens with one attached hydrogen (secondary N) is 1. The van der Waals surface area contributed by atoms with Crippen molar-refractivity contribution in [2.24, 2.45) is 0 Å². The fourth-order valence-electron chi connectivity index (χ4n) is 2.71. The molecule has 0 spiro atoms. The van der Waals surface area contributed by atoms with Crippen LogP contribution in [0.15, 0.2) is 24.3 Å². The molecule has 0 radical (unpaired) electrons. The summed E-state index contributed by atoms with van der Waals surface area (Å²) in [6.07, 6.45) is -0.735. The van der Waals surface area contributed by atoms with Gasteiger partial charge in [-0.3, -0.25) is 14.5 Å². The number of thiazole rings is 1. The van der Waals surface area contributed by atoms with Gasteiger partial charge in [-0.05, 0) is 19.1 Å². The van der Waals surface area contributed by atoms with E-state index < -0.39 is 6.10 Å². The quantitative estimate of drug-likeness (QED) is 0.915. The normalized spacial score (nSPS) is 16.4. The third kappa shape index (κ3) is 3.24. The lowest BCUT2D eigenvalue weighted by Gasteiger charge is -2.33. The summed E-state index contributed by atoms with van der Waals surface area (Å²) in [4.78, 5) is 32.0. The predicted octanol–water partition coefficient (Wildman–Crippen LogP) is 2.73. The summed E-state index contributed by atoms with van der Waals surface area (Å²) < 4.78 is 5.76. The molecule has 1 aromatic heterocycles. The number of hydrogen-bond acceptors (Lipinski definition) is 5. The number of aromatic nitrogens is 1. The van der Waals surface area contributed by atoms with Crippen LogP contribution < -0.4 is 15.0 Å². The third-order valence-electron chi connectivity index (χ3n) is 4.06. The maximum atomic E-state index is 13.2. The summed E-state index contributed by atoms with van der Waals surface area (Å²) in [5, 5.41) is 3.52. The molecule has 0 saturated heterocycles. The van der Waals surface area contributed by atoms with Crippen LogP contribution in [0.1, 0.15) is 40.1 Å². The summed E-state index contributed by atoms with van der Waals surface area (Å²) >= 11 is 1.42. The van der Waals surface area contributed by atoms with Gasteiger partial charge in [0, 0.05) is 13.0 Å². The molecular formula is C18H21N3O3S. The molecule has 1 aliphatic heterocycles. The molecule has 1 atom stereocenters. The monoisotopic (exact) mass is 359 g/mol. The molecule has 0 saturated carbocycles. The summed E-state index contributed by atoms with van der Waals surface area (Å²) in [6.45, 7) is 6.12. The van der Waals surface area contributed by atoms with Gasteiger partial charge in [-0.1, -0.05) is 26.0 Å². The lowest BCUT2D eigenvalue weighted by molar-refractivity contribution is -0.127. The molecule has 1 aromatic carbocycles. The topological polar surface area (TPSA) is 71.5 Å². The molecule has 1 N–H and O–H groups in total. The van der Waals surface area contributed by atoms with Crippen LogP contribution in [0.3, 0.4) is 0 Å². The summed E-state index contributed by atoms with van der Waals surface area (Å²) in [5.41, 5.74) is 1.39. The maximum Gasteiger partial charge on any atom is 0.270 e. The van der Waals surface area contributed by atoms with Crippen molar-refractivity contribution < 1.29 is 14.3 Å². The minimum Gasteiger partial charge on any atom is -0.477 e. The number of nitrogens with zero attached hydrogens (tertiary/aromatic N) is 2. The molecule has 2 amide bonds. The van der Waals surface area contributed by atoms with E-state index in [0.717, 1.165) is 10.7 Å². The first-order chi connectivity index (χ1) is 11.9. The van der Waals surface area contributed by atoms with Crippen LogP contribution in [0.4, 0.5) is 5.69 Å². The molecule has 0 fully saturated rings. The summed E-state index contributed by atoms with van der Waals surface area (Å²) in [7, 11) is 1.56. The number of likely N-dealkylation sites (N-methyl/N-ethyl adjacent to an activating group) is 1. The van der Waals surface area contributed by atoms with E-state index >= 15 is 0 Å². The molecule has 25 heavy (non-hydrogen) atoms. The number of fused-ring (bicyclic) bond motifs is 1. The van der Waals surface area contributed by atoms with Crippen molar-refractivity contribution in [1.29, 1.82) is 0 Å². The first kappa shape index (κ1) is 17.4. The van der Waals surface area contributed by atoms with E-state index in [1.807, 2.05) is 25.1 Å². The second-order valence-electron chi connectivity index (χ2n) is 6.23. The van der Waals surface area contributed by atoms with E-state index in [1.54, 1.807) is 18.0 Å². The molecular weight excluding hydrogens is 338 g/mol. The Morgan fingerprint density at radius 1 is 1.36 bits per heavy atom. The highest BCUT2D eigenvalue weighted by Crippen LogP contribution is 2.35. The zero-order valence-corrected chi connectivity index (χ0v) is 15.5. The zero-order valence-electron chi connectivity index (χ0n) is 14.7. The maximum absolute atomic E-state index is 13.2. The number of benzene rings is 1. The molecule has 1 aliphatic rings. The average Bonchev–Trinajstić information content (AvgIpc) is 3.01. The van der Waals surface area contributed by atoms with Gasteiger partial charge in [0.1, 0.15) is 10.6 Å². The first-order valence-corrected chi connectivity index (χ1v) is 9.00. The van der Waals surface area contributed by atoms with Crippen molar-refractivity contribution in [1.82, 2.24) is 10.3 Å². The van der Waals surface area contributed by atoms with Gasteiger partial charge in [-0.2, -0.15) is 0 Å². The van der Waals surface area contributed by atoms with Gasteiger partial charge in [-0.15, -0.1) is 11.3 Å². The fourth-order valence-corrected chi connectivity index (χ4v) is 3.73. The van der Waals surface area contributed by atoms with Crippen LogP contribution in [-0.4, -0.2) is 36.5 Å². The number of anilines is 1. The van der Waals surface area contributed by atoms with E-state index in [1.165, 1.54) is 11.3 Å². The average molecular weight is 359 g/mol. The van der Waals surface area contributed by atoms with E-state index in [-0.39, 0.29) is 24.3 Å². The van der Waals surface area contributed by atoms with Gasteiger partial charge in [0.05, 0.1) is 22.9 Å². The molecule has 2 heterocycles. The van der Waals surface area contributed by atoms with Gasteiger partial charge in [0.25, 0.3) is 11.8 Å². The van der Waals surface area contributed by atoms with Crippen molar-refractivity contribution in [2.75, 3.05) is 18.5 Å². The molecule has 6 nitrogen and oxygen atoms in total. The molecule has 7 heteroatoms. The minimum atomic E-state index is -0.735. The van der Waals surface area contributed by atoms with Gasteiger partial charge >= 0.3 is 0 Å². The molecule has 0 bridgehead atoms. The lowest BCUT2D eigenvalue weighted by Crippen LogP contribution is -2.50. The van der Waals surface area contributed by atoms with Gasteiger partial charge in [-0.25, -0.2) is 4.98 Å². The summed E-state index contributed by atoms with van der Waals surface area (Å²) in [5.74, 6) is 0.394. The van der Waals surface area contributed by atoms with Crippen LogP contribution in [-0.2, 0) is 4.79 Å². The van der Waals surface area contributed by atoms with Crippen molar-refractivity contribution >= 4 is 28.8 Å². The number of para-hydroxylation sites is 2. The third-order valence-corrected chi connectivity index (χ3v) is 5.50. The molecule has 0 unspecified atom stereocenters. The predicted molar refractivity (Wildman–Crippen MR) is 97.5 cm³/mol. The number of hydrogen-bond donors (Lipinski definition) is 1. The second-order valence-corrected chi connectivity index (χ2v) is 7.26. The lowest BCUT2D eigenvalue weighted by atomic mass is 10.1. The Bertz CT molecular complexity index is 816. The summed E-state index contributed by atoms with van der Waals surface area (Å²) in [6, 6.07) is 7.27. The SMILES string of the molecule is CNC(=O)[C@H]1CN(C(=O)c2sc(C(C)C)nc2C)c2ccccc2O1. The first-order valence-electron chi connectivity index (χ1n) is 8.18. The van der Waals surface area contributed by atoms with Crippen LogP contribution in [0.25, 0.3) is 0 Å². The smallest absolute Gasteiger partial charge is 0.270 e. The molecule has 132 valence electrons. The van der Waals surface area contributed by atoms with E-state index in [0.29, 0.717) is 16.3 Å². The molecule has 2 aromatic rings. The van der Waals surface area contributed by atoms with Crippen molar-refractivity contribution in [3.63, 3.8) is 0 Å². The van der Waals surface area contributed by atoms with E-state index in [9.17, 15) is 9.59 Å². The highest BCUT2D eigenvalue weighted by Gasteiger charge is 2.35. The van der Waals surface area contributed by atoms with Gasteiger partial charge < -0.3 is 10.1 Å². The Balaban J connectivity index is 1.99. The number of ether oxygens (including phenoxy) is 1. The number of carbonyl (C=O) groups is 2. The molecule has 3 rings (SSSR count). The Hall–Kier alpha value is -2.41. The largest absolute Gasteiger partial charge is 0.477 e. The number of aryl methyl sites for hydroxylation is 1. The Labute approximate surface area is 150 Å². The van der Waals surface area contributed by atoms with E-state index in [4.69, 9.17) is 4.74 Å².